The summed E-state index contributed by atoms with van der Waals surface area (Å²) < 4.78 is 11.3. The summed E-state index contributed by atoms with van der Waals surface area (Å²) in [4.78, 5) is 15.0. The van der Waals surface area contributed by atoms with Gasteiger partial charge in [-0.1, -0.05) is 43.3 Å². The maximum atomic E-state index is 12.6. The van der Waals surface area contributed by atoms with E-state index in [-0.39, 0.29) is 5.91 Å². The predicted octanol–water partition coefficient (Wildman–Crippen LogP) is 3.30. The van der Waals surface area contributed by atoms with Gasteiger partial charge in [0.25, 0.3) is 5.91 Å². The van der Waals surface area contributed by atoms with Crippen LogP contribution in [0.25, 0.3) is 0 Å². The number of carbonyl (C=O) groups is 1. The number of nitrogens with zero attached hydrogens (tertiary/aromatic N) is 1. The van der Waals surface area contributed by atoms with Crippen molar-refractivity contribution in [2.75, 3.05) is 26.3 Å². The standard InChI is InChI=1S/C23H30N2O3/c1-3-22(28-21-9-4-6-18(2)14-21)23(26)24-16-19-7-5-8-20(15-19)17-25-10-12-27-13-11-25/h4-9,14-15,22H,3,10-13,16-17H2,1-2H3,(H,24,26)/t22-/m0/s1. The van der Waals surface area contributed by atoms with E-state index in [4.69, 9.17) is 9.47 Å². The Morgan fingerprint density at radius 2 is 1.89 bits per heavy atom. The molecule has 3 rings (SSSR count). The number of benzene rings is 2. The summed E-state index contributed by atoms with van der Waals surface area (Å²) in [7, 11) is 0. The number of amides is 1. The second-order valence-electron chi connectivity index (χ2n) is 7.26. The molecule has 2 aromatic carbocycles. The van der Waals surface area contributed by atoms with Gasteiger partial charge >= 0.3 is 0 Å². The van der Waals surface area contributed by atoms with Crippen LogP contribution in [0.2, 0.25) is 0 Å². The molecule has 0 radical (unpaired) electrons. The molecule has 0 aromatic heterocycles. The lowest BCUT2D eigenvalue weighted by atomic mass is 10.1. The lowest BCUT2D eigenvalue weighted by molar-refractivity contribution is -0.128. The van der Waals surface area contributed by atoms with Crippen LogP contribution >= 0.6 is 0 Å². The molecule has 0 saturated carbocycles. The first-order valence-corrected chi connectivity index (χ1v) is 10.0. The Kier molecular flexibility index (Phi) is 7.46. The highest BCUT2D eigenvalue weighted by Crippen LogP contribution is 2.16. The minimum atomic E-state index is -0.488. The van der Waals surface area contributed by atoms with Crippen LogP contribution in [-0.2, 0) is 22.6 Å². The van der Waals surface area contributed by atoms with Crippen molar-refractivity contribution in [1.82, 2.24) is 10.2 Å². The quantitative estimate of drug-likeness (QED) is 0.761. The largest absolute Gasteiger partial charge is 0.481 e. The normalized spacial score (nSPS) is 15.8. The molecule has 2 aromatic rings. The van der Waals surface area contributed by atoms with Crippen molar-refractivity contribution in [2.45, 2.75) is 39.5 Å². The first-order chi connectivity index (χ1) is 13.6. The van der Waals surface area contributed by atoms with E-state index in [1.165, 1.54) is 5.56 Å². The molecule has 1 atom stereocenters. The zero-order chi connectivity index (χ0) is 19.8. The molecule has 5 nitrogen and oxygen atoms in total. The number of rotatable bonds is 8. The van der Waals surface area contributed by atoms with Crippen LogP contribution in [0.4, 0.5) is 0 Å². The number of ether oxygens (including phenoxy) is 2. The Bertz CT molecular complexity index is 772. The first-order valence-electron chi connectivity index (χ1n) is 10.0. The maximum Gasteiger partial charge on any atom is 0.261 e. The summed E-state index contributed by atoms with van der Waals surface area (Å²) >= 11 is 0. The molecule has 1 aliphatic heterocycles. The van der Waals surface area contributed by atoms with Gasteiger partial charge in [0, 0.05) is 26.2 Å². The molecular formula is C23H30N2O3. The summed E-state index contributed by atoms with van der Waals surface area (Å²) in [6.45, 7) is 8.93. The number of nitrogens with one attached hydrogen (secondary N) is 1. The average Bonchev–Trinajstić information content (AvgIpc) is 2.71. The molecule has 1 fully saturated rings. The molecule has 150 valence electrons. The van der Waals surface area contributed by atoms with Crippen molar-refractivity contribution in [3.8, 4) is 5.75 Å². The van der Waals surface area contributed by atoms with Gasteiger partial charge < -0.3 is 14.8 Å². The highest BCUT2D eigenvalue weighted by Gasteiger charge is 2.18. The minimum Gasteiger partial charge on any atom is -0.481 e. The van der Waals surface area contributed by atoms with Crippen LogP contribution in [0, 0.1) is 6.92 Å². The number of morpholine rings is 1. The highest BCUT2D eigenvalue weighted by atomic mass is 16.5. The third kappa shape index (κ3) is 6.08. The Hall–Kier alpha value is -2.37. The van der Waals surface area contributed by atoms with Gasteiger partial charge in [0.15, 0.2) is 6.10 Å². The van der Waals surface area contributed by atoms with E-state index in [9.17, 15) is 4.79 Å². The minimum absolute atomic E-state index is 0.0809. The number of carbonyl (C=O) groups excluding carboxylic acids is 1. The van der Waals surface area contributed by atoms with Crippen LogP contribution in [-0.4, -0.2) is 43.2 Å². The molecule has 1 saturated heterocycles. The maximum absolute atomic E-state index is 12.6. The van der Waals surface area contributed by atoms with Crippen molar-refractivity contribution in [2.24, 2.45) is 0 Å². The molecule has 1 N–H and O–H groups in total. The van der Waals surface area contributed by atoms with Crippen LogP contribution in [0.15, 0.2) is 48.5 Å². The number of aryl methyl sites for hydroxylation is 1. The predicted molar refractivity (Wildman–Crippen MR) is 110 cm³/mol. The van der Waals surface area contributed by atoms with E-state index < -0.39 is 6.10 Å². The average molecular weight is 383 g/mol. The third-order valence-electron chi connectivity index (χ3n) is 4.90. The topological polar surface area (TPSA) is 50.8 Å². The van der Waals surface area contributed by atoms with Crippen LogP contribution < -0.4 is 10.1 Å². The lowest BCUT2D eigenvalue weighted by Gasteiger charge is -2.26. The van der Waals surface area contributed by atoms with E-state index in [1.54, 1.807) is 0 Å². The summed E-state index contributed by atoms with van der Waals surface area (Å²) in [6, 6.07) is 16.2. The monoisotopic (exact) mass is 382 g/mol. The van der Waals surface area contributed by atoms with Gasteiger partial charge in [0.05, 0.1) is 13.2 Å². The van der Waals surface area contributed by atoms with Gasteiger partial charge in [-0.3, -0.25) is 9.69 Å². The molecule has 5 heteroatoms. The summed E-state index contributed by atoms with van der Waals surface area (Å²) in [5, 5.41) is 3.02. The molecule has 1 amide bonds. The number of hydrogen-bond acceptors (Lipinski definition) is 4. The molecular weight excluding hydrogens is 352 g/mol. The van der Waals surface area contributed by atoms with E-state index >= 15 is 0 Å². The van der Waals surface area contributed by atoms with Crippen molar-refractivity contribution in [3.63, 3.8) is 0 Å². The van der Waals surface area contributed by atoms with E-state index in [0.717, 1.165) is 49.7 Å². The smallest absolute Gasteiger partial charge is 0.261 e. The van der Waals surface area contributed by atoms with Crippen molar-refractivity contribution >= 4 is 5.91 Å². The summed E-state index contributed by atoms with van der Waals surface area (Å²) in [6.07, 6.45) is 0.134. The van der Waals surface area contributed by atoms with Gasteiger partial charge in [-0.2, -0.15) is 0 Å². The summed E-state index contributed by atoms with van der Waals surface area (Å²) in [5.41, 5.74) is 3.48. The molecule has 0 spiro atoms. The van der Waals surface area contributed by atoms with Gasteiger partial charge in [-0.05, 0) is 42.2 Å². The first kappa shape index (κ1) is 20.4. The Morgan fingerprint density at radius 1 is 1.14 bits per heavy atom. The summed E-state index contributed by atoms with van der Waals surface area (Å²) in [5.74, 6) is 0.650. The van der Waals surface area contributed by atoms with Crippen molar-refractivity contribution in [3.05, 3.63) is 65.2 Å². The molecule has 28 heavy (non-hydrogen) atoms. The fraction of sp³-hybridized carbons (Fsp3) is 0.435. The second-order valence-corrected chi connectivity index (χ2v) is 7.26. The zero-order valence-corrected chi connectivity index (χ0v) is 16.8. The molecule has 1 heterocycles. The Balaban J connectivity index is 1.53. The Morgan fingerprint density at radius 3 is 2.64 bits per heavy atom. The Labute approximate surface area is 167 Å². The fourth-order valence-electron chi connectivity index (χ4n) is 3.33. The SMILES string of the molecule is CC[C@H](Oc1cccc(C)c1)C(=O)NCc1cccc(CN2CCOCC2)c1. The van der Waals surface area contributed by atoms with Crippen molar-refractivity contribution in [1.29, 1.82) is 0 Å². The van der Waals surface area contributed by atoms with Gasteiger partial charge in [-0.15, -0.1) is 0 Å². The number of hydrogen-bond donors (Lipinski definition) is 1. The second kappa shape index (κ2) is 10.2. The van der Waals surface area contributed by atoms with E-state index in [2.05, 4.69) is 28.4 Å². The fourth-order valence-corrected chi connectivity index (χ4v) is 3.33. The zero-order valence-electron chi connectivity index (χ0n) is 16.8. The molecule has 0 bridgehead atoms. The van der Waals surface area contributed by atoms with Gasteiger partial charge in [0.1, 0.15) is 5.75 Å². The molecule has 0 aliphatic carbocycles. The van der Waals surface area contributed by atoms with Crippen LogP contribution in [0.1, 0.15) is 30.0 Å². The van der Waals surface area contributed by atoms with Crippen molar-refractivity contribution < 1.29 is 14.3 Å². The molecule has 0 unspecified atom stereocenters. The molecule has 1 aliphatic rings. The third-order valence-corrected chi connectivity index (χ3v) is 4.90. The van der Waals surface area contributed by atoms with Crippen LogP contribution in [0.3, 0.4) is 0 Å². The van der Waals surface area contributed by atoms with Crippen LogP contribution in [0.5, 0.6) is 5.75 Å². The van der Waals surface area contributed by atoms with Gasteiger partial charge in [0.2, 0.25) is 0 Å². The highest BCUT2D eigenvalue weighted by molar-refractivity contribution is 5.81. The van der Waals surface area contributed by atoms with Gasteiger partial charge in [-0.25, -0.2) is 0 Å². The van der Waals surface area contributed by atoms with E-state index in [1.807, 2.05) is 44.2 Å². The lowest BCUT2D eigenvalue weighted by Crippen LogP contribution is -2.37. The van der Waals surface area contributed by atoms with E-state index in [0.29, 0.717) is 13.0 Å².